The molecule has 3 aromatic rings. The Morgan fingerprint density at radius 1 is 0.730 bits per heavy atom. The first-order valence-corrected chi connectivity index (χ1v) is 14.0. The summed E-state index contributed by atoms with van der Waals surface area (Å²) >= 11 is 0. The number of rotatable bonds is 16. The Kier molecular flexibility index (Phi) is 12.1. The summed E-state index contributed by atoms with van der Waals surface area (Å²) in [6.45, 7) is 7.21. The van der Waals surface area contributed by atoms with Crippen LogP contribution in [0.1, 0.15) is 85.0 Å². The van der Waals surface area contributed by atoms with E-state index in [-0.39, 0.29) is 5.97 Å². The minimum Gasteiger partial charge on any atom is -0.494 e. The Balaban J connectivity index is 1.46. The standard InChI is InChI=1S/C32H42N2O3/c1-4-6-7-8-9-10-11-21-36-29-17-15-27(16-18-29)32-33-23-28(24-34-32)26-13-19-30(20-14-26)37-31(35)22-25(3)12-5-2/h13-20,23-25H,4-12,21-22H2,1-3H3. The first-order valence-electron chi connectivity index (χ1n) is 14.0. The van der Waals surface area contributed by atoms with Gasteiger partial charge in [0, 0.05) is 29.9 Å². The van der Waals surface area contributed by atoms with Crippen molar-refractivity contribution in [2.24, 2.45) is 5.92 Å². The van der Waals surface area contributed by atoms with Crippen molar-refractivity contribution in [2.75, 3.05) is 6.61 Å². The van der Waals surface area contributed by atoms with Gasteiger partial charge in [-0.1, -0.05) is 84.3 Å². The highest BCUT2D eigenvalue weighted by molar-refractivity contribution is 5.73. The fourth-order valence-electron chi connectivity index (χ4n) is 4.34. The maximum Gasteiger partial charge on any atom is 0.311 e. The topological polar surface area (TPSA) is 61.3 Å². The number of aromatic nitrogens is 2. The highest BCUT2D eigenvalue weighted by atomic mass is 16.5. The quantitative estimate of drug-likeness (QED) is 0.111. The largest absolute Gasteiger partial charge is 0.494 e. The van der Waals surface area contributed by atoms with Crippen molar-refractivity contribution in [3.8, 4) is 34.0 Å². The smallest absolute Gasteiger partial charge is 0.311 e. The van der Waals surface area contributed by atoms with E-state index in [0.717, 1.165) is 48.3 Å². The third-order valence-corrected chi connectivity index (χ3v) is 6.50. The number of nitrogens with zero attached hydrogens (tertiary/aromatic N) is 2. The number of ether oxygens (including phenoxy) is 2. The lowest BCUT2D eigenvalue weighted by Gasteiger charge is -2.10. The molecule has 0 radical (unpaired) electrons. The summed E-state index contributed by atoms with van der Waals surface area (Å²) in [7, 11) is 0. The molecule has 0 N–H and O–H groups in total. The van der Waals surface area contributed by atoms with Crippen LogP contribution in [-0.2, 0) is 4.79 Å². The molecule has 0 spiro atoms. The second kappa shape index (κ2) is 15.8. The number of esters is 1. The van der Waals surface area contributed by atoms with E-state index in [1.54, 1.807) is 0 Å². The zero-order chi connectivity index (χ0) is 26.3. The van der Waals surface area contributed by atoms with Gasteiger partial charge in [0.15, 0.2) is 5.82 Å². The summed E-state index contributed by atoms with van der Waals surface area (Å²) in [5.74, 6) is 2.27. The monoisotopic (exact) mass is 502 g/mol. The highest BCUT2D eigenvalue weighted by Gasteiger charge is 2.11. The normalized spacial score (nSPS) is 11.8. The fraction of sp³-hybridized carbons (Fsp3) is 0.469. The van der Waals surface area contributed by atoms with E-state index in [2.05, 4.69) is 30.7 Å². The molecule has 0 aliphatic heterocycles. The van der Waals surface area contributed by atoms with Crippen molar-refractivity contribution in [3.05, 3.63) is 60.9 Å². The van der Waals surface area contributed by atoms with Gasteiger partial charge in [0.25, 0.3) is 0 Å². The molecule has 1 unspecified atom stereocenters. The first kappa shape index (κ1) is 28.4. The van der Waals surface area contributed by atoms with Gasteiger partial charge in [0.2, 0.25) is 0 Å². The van der Waals surface area contributed by atoms with Gasteiger partial charge in [0.1, 0.15) is 11.5 Å². The molecule has 5 heteroatoms. The Morgan fingerprint density at radius 2 is 1.32 bits per heavy atom. The van der Waals surface area contributed by atoms with E-state index < -0.39 is 0 Å². The number of benzene rings is 2. The molecule has 0 saturated heterocycles. The molecule has 0 aliphatic carbocycles. The molecule has 1 heterocycles. The van der Waals surface area contributed by atoms with E-state index in [1.165, 1.54) is 38.5 Å². The summed E-state index contributed by atoms with van der Waals surface area (Å²) in [5.41, 5.74) is 2.84. The fourth-order valence-corrected chi connectivity index (χ4v) is 4.34. The minimum atomic E-state index is -0.185. The third-order valence-electron chi connectivity index (χ3n) is 6.50. The van der Waals surface area contributed by atoms with Crippen LogP contribution in [0.5, 0.6) is 11.5 Å². The van der Waals surface area contributed by atoms with Crippen molar-refractivity contribution >= 4 is 5.97 Å². The van der Waals surface area contributed by atoms with Crippen molar-refractivity contribution in [3.63, 3.8) is 0 Å². The summed E-state index contributed by atoms with van der Waals surface area (Å²) in [5, 5.41) is 0. The second-order valence-corrected chi connectivity index (χ2v) is 9.89. The summed E-state index contributed by atoms with van der Waals surface area (Å²) < 4.78 is 11.4. The van der Waals surface area contributed by atoms with Crippen molar-refractivity contribution in [1.82, 2.24) is 9.97 Å². The molecule has 1 atom stereocenters. The zero-order valence-electron chi connectivity index (χ0n) is 22.7. The predicted octanol–water partition coefficient (Wildman–Crippen LogP) is 8.67. The van der Waals surface area contributed by atoms with Crippen LogP contribution in [0.3, 0.4) is 0 Å². The molecule has 3 rings (SSSR count). The van der Waals surface area contributed by atoms with E-state index in [1.807, 2.05) is 60.9 Å². The maximum absolute atomic E-state index is 12.1. The lowest BCUT2D eigenvalue weighted by molar-refractivity contribution is -0.135. The number of unbranched alkanes of at least 4 members (excludes halogenated alkanes) is 6. The molecule has 0 saturated carbocycles. The molecule has 5 nitrogen and oxygen atoms in total. The van der Waals surface area contributed by atoms with Crippen LogP contribution in [0.15, 0.2) is 60.9 Å². The lowest BCUT2D eigenvalue weighted by atomic mass is 10.0. The van der Waals surface area contributed by atoms with E-state index in [4.69, 9.17) is 9.47 Å². The molecule has 37 heavy (non-hydrogen) atoms. The number of hydrogen-bond acceptors (Lipinski definition) is 5. The number of carbonyl (C=O) groups excluding carboxylic acids is 1. The summed E-state index contributed by atoms with van der Waals surface area (Å²) in [4.78, 5) is 21.2. The molecular formula is C32H42N2O3. The van der Waals surface area contributed by atoms with Crippen LogP contribution < -0.4 is 9.47 Å². The van der Waals surface area contributed by atoms with E-state index in [0.29, 0.717) is 23.9 Å². The Labute approximate surface area is 222 Å². The second-order valence-electron chi connectivity index (χ2n) is 9.89. The maximum atomic E-state index is 12.1. The molecule has 0 bridgehead atoms. The van der Waals surface area contributed by atoms with Crippen molar-refractivity contribution in [1.29, 1.82) is 0 Å². The van der Waals surface area contributed by atoms with Gasteiger partial charge >= 0.3 is 5.97 Å². The Morgan fingerprint density at radius 3 is 1.97 bits per heavy atom. The van der Waals surface area contributed by atoms with Crippen molar-refractivity contribution in [2.45, 2.75) is 85.0 Å². The van der Waals surface area contributed by atoms with Crippen LogP contribution in [0.25, 0.3) is 22.5 Å². The number of hydrogen-bond donors (Lipinski definition) is 0. The third kappa shape index (κ3) is 9.99. The molecule has 1 aromatic heterocycles. The van der Waals surface area contributed by atoms with E-state index in [9.17, 15) is 4.79 Å². The van der Waals surface area contributed by atoms with Gasteiger partial charge in [-0.15, -0.1) is 0 Å². The van der Waals surface area contributed by atoms with Crippen LogP contribution in [-0.4, -0.2) is 22.5 Å². The van der Waals surface area contributed by atoms with Crippen LogP contribution in [0.4, 0.5) is 0 Å². The van der Waals surface area contributed by atoms with Gasteiger partial charge in [-0.3, -0.25) is 4.79 Å². The molecule has 0 aliphatic rings. The van der Waals surface area contributed by atoms with Crippen molar-refractivity contribution < 1.29 is 14.3 Å². The van der Waals surface area contributed by atoms with Gasteiger partial charge in [-0.05, 0) is 54.3 Å². The van der Waals surface area contributed by atoms with Crippen LogP contribution in [0, 0.1) is 5.92 Å². The predicted molar refractivity (Wildman–Crippen MR) is 151 cm³/mol. The van der Waals surface area contributed by atoms with E-state index >= 15 is 0 Å². The summed E-state index contributed by atoms with van der Waals surface area (Å²) in [6, 6.07) is 15.4. The van der Waals surface area contributed by atoms with Gasteiger partial charge in [-0.2, -0.15) is 0 Å². The zero-order valence-corrected chi connectivity index (χ0v) is 22.7. The average molecular weight is 503 g/mol. The molecule has 0 fully saturated rings. The van der Waals surface area contributed by atoms with Gasteiger partial charge < -0.3 is 9.47 Å². The lowest BCUT2D eigenvalue weighted by Crippen LogP contribution is -2.12. The molecular weight excluding hydrogens is 460 g/mol. The molecule has 0 amide bonds. The molecule has 2 aromatic carbocycles. The number of carbonyl (C=O) groups is 1. The Hall–Kier alpha value is -3.21. The SMILES string of the molecule is CCCCCCCCCOc1ccc(-c2ncc(-c3ccc(OC(=O)CC(C)CCC)cc3)cn2)cc1. The van der Waals surface area contributed by atoms with Crippen LogP contribution >= 0.6 is 0 Å². The van der Waals surface area contributed by atoms with Gasteiger partial charge in [-0.25, -0.2) is 9.97 Å². The average Bonchev–Trinajstić information content (AvgIpc) is 2.91. The minimum absolute atomic E-state index is 0.185. The Bertz CT molecular complexity index is 1050. The van der Waals surface area contributed by atoms with Gasteiger partial charge in [0.05, 0.1) is 6.61 Å². The highest BCUT2D eigenvalue weighted by Crippen LogP contribution is 2.25. The first-order chi connectivity index (χ1) is 18.1. The van der Waals surface area contributed by atoms with Crippen LogP contribution in [0.2, 0.25) is 0 Å². The molecule has 198 valence electrons. The summed E-state index contributed by atoms with van der Waals surface area (Å²) in [6.07, 6.45) is 15.1.